The van der Waals surface area contributed by atoms with Crippen molar-refractivity contribution in [2.45, 2.75) is 12.8 Å². The quantitative estimate of drug-likeness (QED) is 0.289. The second-order valence-corrected chi connectivity index (χ2v) is 9.44. The highest BCUT2D eigenvalue weighted by molar-refractivity contribution is 7.10. The molecule has 6 nitrogen and oxygen atoms in total. The molecule has 0 spiro atoms. The molecule has 0 unspecified atom stereocenters. The van der Waals surface area contributed by atoms with Crippen LogP contribution in [-0.4, -0.2) is 40.8 Å². The maximum Gasteiger partial charge on any atom is 0.339 e. The number of aromatic nitrogens is 1. The molecule has 172 valence electrons. The van der Waals surface area contributed by atoms with Crippen LogP contribution < -0.4 is 0 Å². The van der Waals surface area contributed by atoms with Crippen LogP contribution in [-0.2, 0) is 11.2 Å². The molecule has 7 heteroatoms. The van der Waals surface area contributed by atoms with Gasteiger partial charge in [-0.1, -0.05) is 36.4 Å². The molecule has 4 aromatic rings. The van der Waals surface area contributed by atoms with Gasteiger partial charge in [0.15, 0.2) is 0 Å². The summed E-state index contributed by atoms with van der Waals surface area (Å²) in [6.45, 7) is -0.0690. The minimum absolute atomic E-state index is 0.00677. The lowest BCUT2D eigenvalue weighted by Crippen LogP contribution is -2.33. The van der Waals surface area contributed by atoms with Crippen molar-refractivity contribution in [2.75, 3.05) is 13.2 Å². The summed E-state index contributed by atoms with van der Waals surface area (Å²) >= 11 is 1.66. The zero-order chi connectivity index (χ0) is 23.9. The first kappa shape index (κ1) is 21.4. The molecular weight excluding hydrogens is 460 g/mol. The Morgan fingerprint density at radius 2 is 1.71 bits per heavy atom. The topological polar surface area (TPSA) is 76.6 Å². The molecule has 0 N–H and O–H groups in total. The molecule has 0 atom stereocenters. The van der Waals surface area contributed by atoms with E-state index < -0.39 is 5.97 Å². The van der Waals surface area contributed by atoms with E-state index in [0.29, 0.717) is 23.1 Å². The van der Waals surface area contributed by atoms with Gasteiger partial charge in [0.05, 0.1) is 34.4 Å². The Morgan fingerprint density at radius 1 is 0.971 bits per heavy atom. The van der Waals surface area contributed by atoms with Gasteiger partial charge in [0.1, 0.15) is 6.61 Å². The lowest BCUT2D eigenvalue weighted by molar-refractivity contribution is 0.0421. The van der Waals surface area contributed by atoms with Gasteiger partial charge in [0.25, 0.3) is 11.8 Å². The number of rotatable bonds is 5. The lowest BCUT2D eigenvalue weighted by Gasteiger charge is -2.15. The number of para-hydroxylation sites is 1. The fourth-order valence-corrected chi connectivity index (χ4v) is 5.48. The van der Waals surface area contributed by atoms with Crippen molar-refractivity contribution < 1.29 is 19.1 Å². The van der Waals surface area contributed by atoms with Crippen LogP contribution in [0.5, 0.6) is 0 Å². The molecule has 0 saturated carbocycles. The van der Waals surface area contributed by atoms with Crippen LogP contribution in [0.1, 0.15) is 53.6 Å². The number of allylic oxidation sites excluding steroid dienone is 1. The Bertz CT molecular complexity index is 1500. The zero-order valence-corrected chi connectivity index (χ0v) is 19.5. The number of hydrogen-bond acceptors (Lipinski definition) is 6. The van der Waals surface area contributed by atoms with Gasteiger partial charge in [0, 0.05) is 10.3 Å². The van der Waals surface area contributed by atoms with Gasteiger partial charge in [-0.3, -0.25) is 14.5 Å². The van der Waals surface area contributed by atoms with Gasteiger partial charge in [-0.05, 0) is 59.7 Å². The van der Waals surface area contributed by atoms with E-state index in [0.717, 1.165) is 43.9 Å². The summed E-state index contributed by atoms with van der Waals surface area (Å²) in [5.41, 5.74) is 4.84. The van der Waals surface area contributed by atoms with E-state index in [1.165, 1.54) is 0 Å². The van der Waals surface area contributed by atoms with Gasteiger partial charge in [-0.15, -0.1) is 11.3 Å². The number of nitrogens with zero attached hydrogens (tertiary/aromatic N) is 2. The number of carbonyl (C=O) groups excluding carboxylic acids is 3. The fourth-order valence-electron chi connectivity index (χ4n) is 4.80. The van der Waals surface area contributed by atoms with Crippen LogP contribution in [0.25, 0.3) is 22.6 Å². The first-order valence-electron chi connectivity index (χ1n) is 11.4. The monoisotopic (exact) mass is 480 g/mol. The Morgan fingerprint density at radius 3 is 2.46 bits per heavy atom. The number of imide groups is 1. The number of pyridine rings is 1. The molecule has 2 aromatic heterocycles. The van der Waals surface area contributed by atoms with Gasteiger partial charge in [-0.2, -0.15) is 0 Å². The molecule has 3 heterocycles. The molecule has 1 aliphatic heterocycles. The van der Waals surface area contributed by atoms with Crippen molar-refractivity contribution >= 4 is 51.7 Å². The van der Waals surface area contributed by atoms with E-state index >= 15 is 0 Å². The summed E-state index contributed by atoms with van der Waals surface area (Å²) in [4.78, 5) is 45.7. The van der Waals surface area contributed by atoms with Crippen LogP contribution >= 0.6 is 11.3 Å². The van der Waals surface area contributed by atoms with E-state index in [1.807, 2.05) is 35.7 Å². The van der Waals surface area contributed by atoms with Crippen molar-refractivity contribution in [2.24, 2.45) is 0 Å². The molecule has 6 rings (SSSR count). The second-order valence-electron chi connectivity index (χ2n) is 8.46. The molecule has 2 amide bonds. The number of carbonyl (C=O) groups is 3. The number of esters is 1. The lowest BCUT2D eigenvalue weighted by atomic mass is 10.0. The number of thiophene rings is 1. The third-order valence-electron chi connectivity index (χ3n) is 6.43. The number of hydrogen-bond donors (Lipinski definition) is 0. The summed E-state index contributed by atoms with van der Waals surface area (Å²) in [6, 6.07) is 18.3. The van der Waals surface area contributed by atoms with Crippen LogP contribution in [0.3, 0.4) is 0 Å². The average molecular weight is 481 g/mol. The summed E-state index contributed by atoms with van der Waals surface area (Å²) in [6.07, 6.45) is 3.63. The van der Waals surface area contributed by atoms with Crippen molar-refractivity contribution in [1.82, 2.24) is 9.88 Å². The third-order valence-corrected chi connectivity index (χ3v) is 7.25. The second kappa shape index (κ2) is 8.60. The Kier molecular flexibility index (Phi) is 5.26. The highest BCUT2D eigenvalue weighted by Gasteiger charge is 2.35. The molecule has 0 saturated heterocycles. The van der Waals surface area contributed by atoms with Gasteiger partial charge in [-0.25, -0.2) is 9.78 Å². The minimum Gasteiger partial charge on any atom is -0.460 e. The predicted molar refractivity (Wildman–Crippen MR) is 134 cm³/mol. The highest BCUT2D eigenvalue weighted by Crippen LogP contribution is 2.38. The maximum atomic E-state index is 13.3. The van der Waals surface area contributed by atoms with E-state index in [9.17, 15) is 14.4 Å². The first-order chi connectivity index (χ1) is 17.1. The Labute approximate surface area is 205 Å². The number of ether oxygens (including phenoxy) is 1. The zero-order valence-electron chi connectivity index (χ0n) is 18.7. The number of fused-ring (bicyclic) bond motifs is 3. The molecule has 0 radical (unpaired) electrons. The molecule has 0 fully saturated rings. The van der Waals surface area contributed by atoms with E-state index in [-0.39, 0.29) is 25.0 Å². The molecule has 35 heavy (non-hydrogen) atoms. The SMILES string of the molecule is O=C(OCCN1C(=O)c2ccccc2C1=O)c1c2c(nc3ccccc13)C(=Cc1cccs1)CC2. The van der Waals surface area contributed by atoms with Crippen molar-refractivity contribution in [1.29, 1.82) is 0 Å². The highest BCUT2D eigenvalue weighted by atomic mass is 32.1. The van der Waals surface area contributed by atoms with E-state index in [2.05, 4.69) is 12.1 Å². The van der Waals surface area contributed by atoms with E-state index in [4.69, 9.17) is 9.72 Å². The van der Waals surface area contributed by atoms with Crippen LogP contribution in [0.15, 0.2) is 66.0 Å². The van der Waals surface area contributed by atoms with Gasteiger partial charge >= 0.3 is 5.97 Å². The van der Waals surface area contributed by atoms with Gasteiger partial charge < -0.3 is 4.74 Å². The Balaban J connectivity index is 1.27. The maximum absolute atomic E-state index is 13.3. The smallest absolute Gasteiger partial charge is 0.339 e. The van der Waals surface area contributed by atoms with Crippen LogP contribution in [0.2, 0.25) is 0 Å². The standard InChI is InChI=1S/C28H20N2O4S/c31-26-19-7-1-2-8-20(19)27(32)30(26)13-14-34-28(33)24-21-9-3-4-10-23(21)29-25-17(11-12-22(24)25)16-18-6-5-15-35-18/h1-10,15-16H,11-14H2. The fraction of sp³-hybridized carbons (Fsp3) is 0.143. The molecular formula is C28H20N2O4S. The third kappa shape index (κ3) is 3.65. The summed E-state index contributed by atoms with van der Waals surface area (Å²) in [5, 5.41) is 2.78. The average Bonchev–Trinajstić information content (AvgIpc) is 3.59. The Hall–Kier alpha value is -4.10. The first-order valence-corrected chi connectivity index (χ1v) is 12.3. The molecule has 2 aliphatic rings. The summed E-state index contributed by atoms with van der Waals surface area (Å²) in [7, 11) is 0. The van der Waals surface area contributed by atoms with Crippen molar-refractivity contribution in [3.8, 4) is 0 Å². The minimum atomic E-state index is -0.464. The molecule has 0 bridgehead atoms. The van der Waals surface area contributed by atoms with Gasteiger partial charge in [0.2, 0.25) is 0 Å². The predicted octanol–water partition coefficient (Wildman–Crippen LogP) is 5.24. The number of amides is 2. The van der Waals surface area contributed by atoms with Crippen molar-refractivity contribution in [3.63, 3.8) is 0 Å². The van der Waals surface area contributed by atoms with Crippen LogP contribution in [0.4, 0.5) is 0 Å². The van der Waals surface area contributed by atoms with Crippen LogP contribution in [0, 0.1) is 0 Å². The van der Waals surface area contributed by atoms with E-state index in [1.54, 1.807) is 35.6 Å². The molecule has 2 aromatic carbocycles. The molecule has 1 aliphatic carbocycles. The van der Waals surface area contributed by atoms with Crippen molar-refractivity contribution in [3.05, 3.63) is 98.9 Å². The largest absolute Gasteiger partial charge is 0.460 e. The number of benzene rings is 2. The summed E-state index contributed by atoms with van der Waals surface area (Å²) in [5.74, 6) is -1.19. The normalized spacial score (nSPS) is 15.7. The summed E-state index contributed by atoms with van der Waals surface area (Å²) < 4.78 is 5.63.